The van der Waals surface area contributed by atoms with Crippen LogP contribution in [-0.2, 0) is 12.0 Å². The summed E-state index contributed by atoms with van der Waals surface area (Å²) >= 11 is 0. The highest BCUT2D eigenvalue weighted by atomic mass is 16.3. The number of aryl methyl sites for hydroxylation is 1. The lowest BCUT2D eigenvalue weighted by molar-refractivity contribution is -0.0371. The summed E-state index contributed by atoms with van der Waals surface area (Å²) in [7, 11) is 0. The lowest BCUT2D eigenvalue weighted by Gasteiger charge is -2.40. The summed E-state index contributed by atoms with van der Waals surface area (Å²) in [5.41, 5.74) is 1.74. The second kappa shape index (κ2) is 5.66. The number of aliphatic hydroxyl groups is 1. The quantitative estimate of drug-likeness (QED) is 0.846. The maximum absolute atomic E-state index is 11.0. The van der Waals surface area contributed by atoms with Gasteiger partial charge in [0.05, 0.1) is 5.60 Å². The van der Waals surface area contributed by atoms with Crippen LogP contribution in [0.4, 0.5) is 0 Å². The van der Waals surface area contributed by atoms with Crippen molar-refractivity contribution >= 4 is 0 Å². The third-order valence-corrected chi connectivity index (χ3v) is 5.34. The molecular formula is C18H28O. The molecule has 0 radical (unpaired) electrons. The van der Waals surface area contributed by atoms with E-state index in [9.17, 15) is 5.11 Å². The molecule has 1 heteroatoms. The zero-order chi connectivity index (χ0) is 14.0. The third kappa shape index (κ3) is 3.02. The summed E-state index contributed by atoms with van der Waals surface area (Å²) in [6, 6.07) is 8.53. The number of rotatable bonds is 3. The Kier molecular flexibility index (Phi) is 4.35. The van der Waals surface area contributed by atoms with E-state index in [0.717, 1.165) is 36.7 Å². The van der Waals surface area contributed by atoms with Crippen LogP contribution in [0.1, 0.15) is 58.1 Å². The van der Waals surface area contributed by atoms with Gasteiger partial charge in [-0.3, -0.25) is 0 Å². The average molecular weight is 260 g/mol. The minimum absolute atomic E-state index is 0.395. The van der Waals surface area contributed by atoms with Crippen molar-refractivity contribution in [3.63, 3.8) is 0 Å². The second-order valence-corrected chi connectivity index (χ2v) is 6.66. The minimum Gasteiger partial charge on any atom is -0.385 e. The van der Waals surface area contributed by atoms with Crippen LogP contribution >= 0.6 is 0 Å². The van der Waals surface area contributed by atoms with Crippen LogP contribution in [0.2, 0.25) is 0 Å². The van der Waals surface area contributed by atoms with E-state index in [0.29, 0.717) is 5.92 Å². The first-order valence-electron chi connectivity index (χ1n) is 7.77. The van der Waals surface area contributed by atoms with E-state index in [4.69, 9.17) is 0 Å². The largest absolute Gasteiger partial charge is 0.385 e. The van der Waals surface area contributed by atoms with Crippen molar-refractivity contribution in [3.05, 3.63) is 35.4 Å². The van der Waals surface area contributed by atoms with Gasteiger partial charge in [-0.05, 0) is 55.1 Å². The lowest BCUT2D eigenvalue weighted by Crippen LogP contribution is -2.36. The maximum atomic E-state index is 11.0. The van der Waals surface area contributed by atoms with Gasteiger partial charge in [-0.2, -0.15) is 0 Å². The summed E-state index contributed by atoms with van der Waals surface area (Å²) in [4.78, 5) is 0. The normalized spacial score (nSPS) is 30.9. The molecule has 0 saturated heterocycles. The second-order valence-electron chi connectivity index (χ2n) is 6.66. The Morgan fingerprint density at radius 2 is 1.74 bits per heavy atom. The first-order valence-corrected chi connectivity index (χ1v) is 7.77. The van der Waals surface area contributed by atoms with Gasteiger partial charge in [0.25, 0.3) is 0 Å². The van der Waals surface area contributed by atoms with Crippen LogP contribution < -0.4 is 0 Å². The molecule has 0 aliphatic heterocycles. The summed E-state index contributed by atoms with van der Waals surface area (Å²) < 4.78 is 0. The van der Waals surface area contributed by atoms with Gasteiger partial charge in [0, 0.05) is 0 Å². The highest BCUT2D eigenvalue weighted by Crippen LogP contribution is 2.43. The van der Waals surface area contributed by atoms with E-state index in [2.05, 4.69) is 45.0 Å². The maximum Gasteiger partial charge on any atom is 0.0896 e. The van der Waals surface area contributed by atoms with Crippen LogP contribution in [0.15, 0.2) is 24.3 Å². The first-order chi connectivity index (χ1) is 8.95. The van der Waals surface area contributed by atoms with Crippen LogP contribution in [-0.4, -0.2) is 5.11 Å². The molecule has 106 valence electrons. The third-order valence-electron chi connectivity index (χ3n) is 5.34. The van der Waals surface area contributed by atoms with E-state index < -0.39 is 5.60 Å². The highest BCUT2D eigenvalue weighted by molar-refractivity contribution is 5.27. The van der Waals surface area contributed by atoms with Gasteiger partial charge in [0.15, 0.2) is 0 Å². The van der Waals surface area contributed by atoms with Crippen molar-refractivity contribution in [1.29, 1.82) is 0 Å². The topological polar surface area (TPSA) is 20.2 Å². The van der Waals surface area contributed by atoms with E-state index in [-0.39, 0.29) is 0 Å². The van der Waals surface area contributed by atoms with Crippen LogP contribution in [0.25, 0.3) is 0 Å². The van der Waals surface area contributed by atoms with Gasteiger partial charge >= 0.3 is 0 Å². The van der Waals surface area contributed by atoms with Gasteiger partial charge in [-0.25, -0.2) is 0 Å². The average Bonchev–Trinajstić information content (AvgIpc) is 2.41. The fourth-order valence-electron chi connectivity index (χ4n) is 3.37. The van der Waals surface area contributed by atoms with Crippen molar-refractivity contribution in [1.82, 2.24) is 0 Å². The molecule has 1 fully saturated rings. The fourth-order valence-corrected chi connectivity index (χ4v) is 3.37. The Bertz CT molecular complexity index is 404. The Hall–Kier alpha value is -0.820. The lowest BCUT2D eigenvalue weighted by atomic mass is 9.68. The van der Waals surface area contributed by atoms with Crippen molar-refractivity contribution in [2.75, 3.05) is 0 Å². The molecule has 0 amide bonds. The number of hydrogen-bond donors (Lipinski definition) is 1. The van der Waals surface area contributed by atoms with E-state index in [1.165, 1.54) is 12.0 Å². The van der Waals surface area contributed by atoms with E-state index in [1.807, 2.05) is 6.92 Å². The monoisotopic (exact) mass is 260 g/mol. The van der Waals surface area contributed by atoms with Gasteiger partial charge in [-0.1, -0.05) is 51.5 Å². The molecule has 19 heavy (non-hydrogen) atoms. The van der Waals surface area contributed by atoms with Gasteiger partial charge in [0.1, 0.15) is 0 Å². The van der Waals surface area contributed by atoms with Crippen molar-refractivity contribution in [3.8, 4) is 0 Å². The molecule has 1 nitrogen and oxygen atoms in total. The summed E-state index contributed by atoms with van der Waals surface area (Å²) in [5.74, 6) is 1.92. The number of hydrogen-bond acceptors (Lipinski definition) is 1. The predicted molar refractivity (Wildman–Crippen MR) is 81.1 cm³/mol. The molecule has 0 aromatic heterocycles. The van der Waals surface area contributed by atoms with Gasteiger partial charge in [0.2, 0.25) is 0 Å². The number of benzene rings is 1. The summed E-state index contributed by atoms with van der Waals surface area (Å²) in [5, 5.41) is 11.0. The zero-order valence-electron chi connectivity index (χ0n) is 12.8. The SMILES string of the molecule is CCc1ccc(C(C)(O)C2CCC(C)C(C)C2)cc1. The Labute approximate surface area is 118 Å². The standard InChI is InChI=1S/C18H28O/c1-5-15-7-10-16(11-8-15)18(4,19)17-9-6-13(2)14(3)12-17/h7-8,10-11,13-14,17,19H,5-6,9,12H2,1-4H3. The van der Waals surface area contributed by atoms with E-state index >= 15 is 0 Å². The Balaban J connectivity index is 2.16. The van der Waals surface area contributed by atoms with Crippen molar-refractivity contribution in [2.45, 2.75) is 59.0 Å². The van der Waals surface area contributed by atoms with Gasteiger partial charge in [-0.15, -0.1) is 0 Å². The molecule has 1 aromatic rings. The molecule has 1 aliphatic rings. The van der Waals surface area contributed by atoms with Crippen molar-refractivity contribution < 1.29 is 5.11 Å². The van der Waals surface area contributed by atoms with Crippen molar-refractivity contribution in [2.24, 2.45) is 17.8 Å². The molecule has 1 aliphatic carbocycles. The van der Waals surface area contributed by atoms with Crippen LogP contribution in [0.3, 0.4) is 0 Å². The molecule has 0 heterocycles. The summed E-state index contributed by atoms with van der Waals surface area (Å²) in [6.07, 6.45) is 4.59. The Morgan fingerprint density at radius 3 is 2.26 bits per heavy atom. The highest BCUT2D eigenvalue weighted by Gasteiger charge is 2.37. The molecule has 2 rings (SSSR count). The van der Waals surface area contributed by atoms with Gasteiger partial charge < -0.3 is 5.11 Å². The Morgan fingerprint density at radius 1 is 1.11 bits per heavy atom. The fraction of sp³-hybridized carbons (Fsp3) is 0.667. The van der Waals surface area contributed by atoms with E-state index in [1.54, 1.807) is 0 Å². The summed E-state index contributed by atoms with van der Waals surface area (Å²) in [6.45, 7) is 8.83. The van der Waals surface area contributed by atoms with Crippen LogP contribution in [0.5, 0.6) is 0 Å². The van der Waals surface area contributed by atoms with Crippen LogP contribution in [0, 0.1) is 17.8 Å². The molecule has 1 aromatic carbocycles. The zero-order valence-corrected chi connectivity index (χ0v) is 12.8. The molecule has 0 bridgehead atoms. The first kappa shape index (κ1) is 14.6. The molecule has 1 N–H and O–H groups in total. The molecular weight excluding hydrogens is 232 g/mol. The predicted octanol–water partition coefficient (Wildman–Crippen LogP) is 4.53. The minimum atomic E-state index is -0.680. The molecule has 0 spiro atoms. The molecule has 4 atom stereocenters. The molecule has 1 saturated carbocycles. The smallest absolute Gasteiger partial charge is 0.0896 e. The molecule has 4 unspecified atom stereocenters.